The lowest BCUT2D eigenvalue weighted by atomic mass is 10.1. The number of carbonyl (C=O) groups excluding carboxylic acids is 1. The van der Waals surface area contributed by atoms with Crippen LogP contribution in [0, 0.1) is 5.82 Å². The van der Waals surface area contributed by atoms with Crippen molar-refractivity contribution in [2.75, 3.05) is 6.61 Å². The van der Waals surface area contributed by atoms with Gasteiger partial charge in [0.1, 0.15) is 5.82 Å². The lowest BCUT2D eigenvalue weighted by molar-refractivity contribution is -0.255. The minimum Gasteiger partial charge on any atom is -0.545 e. The van der Waals surface area contributed by atoms with E-state index in [-0.39, 0.29) is 6.61 Å². The zero-order valence-corrected chi connectivity index (χ0v) is 6.79. The number of carboxylic acid groups (broad SMARTS) is 1. The number of aliphatic hydroxyl groups is 1. The van der Waals surface area contributed by atoms with Crippen LogP contribution in [0.3, 0.4) is 0 Å². The quantitative estimate of drug-likeness (QED) is 0.701. The Bertz CT molecular complexity index is 323. The molecule has 13 heavy (non-hydrogen) atoms. The Labute approximate surface area is 74.4 Å². The van der Waals surface area contributed by atoms with E-state index in [9.17, 15) is 14.3 Å². The van der Waals surface area contributed by atoms with Crippen molar-refractivity contribution in [3.8, 4) is 0 Å². The molecule has 4 heteroatoms. The van der Waals surface area contributed by atoms with Crippen LogP contribution in [0.2, 0.25) is 0 Å². The molecule has 0 aromatic heterocycles. The molecule has 0 bridgehead atoms. The molecule has 3 nitrogen and oxygen atoms in total. The summed E-state index contributed by atoms with van der Waals surface area (Å²) < 4.78 is 12.8. The van der Waals surface area contributed by atoms with E-state index in [1.807, 2.05) is 0 Å². The molecule has 0 fully saturated rings. The summed E-state index contributed by atoms with van der Waals surface area (Å²) in [5.74, 6) is -2.36. The first-order valence-electron chi connectivity index (χ1n) is 3.76. The number of benzene rings is 1. The highest BCUT2D eigenvalue weighted by atomic mass is 19.1. The van der Waals surface area contributed by atoms with Crippen LogP contribution in [-0.2, 0) is 6.42 Å². The van der Waals surface area contributed by atoms with Gasteiger partial charge in [-0.3, -0.25) is 0 Å². The fourth-order valence-corrected chi connectivity index (χ4v) is 1.01. The summed E-state index contributed by atoms with van der Waals surface area (Å²) in [6, 6.07) is 3.65. The molecule has 1 aromatic rings. The van der Waals surface area contributed by atoms with Crippen LogP contribution in [0.15, 0.2) is 18.2 Å². The number of aromatic carboxylic acids is 1. The maximum absolute atomic E-state index is 12.8. The number of rotatable bonds is 3. The van der Waals surface area contributed by atoms with Crippen LogP contribution in [0.1, 0.15) is 15.9 Å². The van der Waals surface area contributed by atoms with E-state index in [2.05, 4.69) is 0 Å². The molecule has 0 atom stereocenters. The summed E-state index contributed by atoms with van der Waals surface area (Å²) in [6.07, 6.45) is 0.306. The summed E-state index contributed by atoms with van der Waals surface area (Å²) in [5.41, 5.74) is 0.106. The predicted molar refractivity (Wildman–Crippen MR) is 41.5 cm³/mol. The van der Waals surface area contributed by atoms with Crippen molar-refractivity contribution in [1.29, 1.82) is 0 Å². The van der Waals surface area contributed by atoms with E-state index in [1.54, 1.807) is 0 Å². The molecule has 0 amide bonds. The zero-order valence-electron chi connectivity index (χ0n) is 6.79. The van der Waals surface area contributed by atoms with Crippen LogP contribution >= 0.6 is 0 Å². The van der Waals surface area contributed by atoms with Gasteiger partial charge in [0.25, 0.3) is 0 Å². The van der Waals surface area contributed by atoms with E-state index in [0.29, 0.717) is 12.0 Å². The summed E-state index contributed by atoms with van der Waals surface area (Å²) >= 11 is 0. The average Bonchev–Trinajstić information content (AvgIpc) is 2.08. The molecular weight excluding hydrogens is 175 g/mol. The summed E-state index contributed by atoms with van der Waals surface area (Å²) in [5, 5.41) is 18.9. The van der Waals surface area contributed by atoms with Gasteiger partial charge in [-0.05, 0) is 24.1 Å². The second-order valence-electron chi connectivity index (χ2n) is 2.58. The van der Waals surface area contributed by atoms with Gasteiger partial charge in [0.2, 0.25) is 0 Å². The zero-order chi connectivity index (χ0) is 9.84. The lowest BCUT2D eigenvalue weighted by Crippen LogP contribution is -2.23. The van der Waals surface area contributed by atoms with E-state index >= 15 is 0 Å². The Balaban J connectivity index is 3.04. The number of hydrogen-bond acceptors (Lipinski definition) is 3. The van der Waals surface area contributed by atoms with Crippen molar-refractivity contribution < 1.29 is 19.4 Å². The highest BCUT2D eigenvalue weighted by molar-refractivity contribution is 5.86. The first-order chi connectivity index (χ1) is 6.15. The normalized spacial score (nSPS) is 10.0. The minimum atomic E-state index is -1.54. The average molecular weight is 183 g/mol. The van der Waals surface area contributed by atoms with Gasteiger partial charge in [0.05, 0.1) is 5.97 Å². The monoisotopic (exact) mass is 183 g/mol. The van der Waals surface area contributed by atoms with Crippen LogP contribution in [0.4, 0.5) is 4.39 Å². The maximum atomic E-state index is 12.8. The first kappa shape index (κ1) is 9.67. The largest absolute Gasteiger partial charge is 0.545 e. The molecule has 1 N–H and O–H groups in total. The third kappa shape index (κ3) is 2.26. The van der Waals surface area contributed by atoms with Crippen LogP contribution in [0.5, 0.6) is 0 Å². The highest BCUT2D eigenvalue weighted by Gasteiger charge is 2.03. The van der Waals surface area contributed by atoms with E-state index in [4.69, 9.17) is 5.11 Å². The molecular formula is C9H8FO3-. The van der Waals surface area contributed by atoms with Crippen molar-refractivity contribution in [1.82, 2.24) is 0 Å². The summed E-state index contributed by atoms with van der Waals surface area (Å²) in [7, 11) is 0. The van der Waals surface area contributed by atoms with Crippen molar-refractivity contribution in [2.45, 2.75) is 6.42 Å². The summed E-state index contributed by atoms with van der Waals surface area (Å²) in [6.45, 7) is -0.0991. The molecule has 0 heterocycles. The number of carbonyl (C=O) groups is 1. The Kier molecular flexibility index (Phi) is 2.97. The summed E-state index contributed by atoms with van der Waals surface area (Å²) in [4.78, 5) is 10.4. The number of hydrogen-bond donors (Lipinski definition) is 1. The van der Waals surface area contributed by atoms with Crippen LogP contribution in [0.25, 0.3) is 0 Å². The highest BCUT2D eigenvalue weighted by Crippen LogP contribution is 2.10. The van der Waals surface area contributed by atoms with E-state index < -0.39 is 17.3 Å². The Hall–Kier alpha value is -1.42. The Morgan fingerprint density at radius 3 is 2.77 bits per heavy atom. The number of aliphatic hydroxyl groups excluding tert-OH is 1. The van der Waals surface area contributed by atoms with Crippen molar-refractivity contribution in [3.63, 3.8) is 0 Å². The second-order valence-corrected chi connectivity index (χ2v) is 2.58. The van der Waals surface area contributed by atoms with Gasteiger partial charge >= 0.3 is 0 Å². The van der Waals surface area contributed by atoms with Crippen molar-refractivity contribution in [2.24, 2.45) is 0 Å². The smallest absolute Gasteiger partial charge is 0.132 e. The predicted octanol–water partition coefficient (Wildman–Crippen LogP) is -0.276. The number of carboxylic acids is 1. The molecule has 0 aliphatic rings. The van der Waals surface area contributed by atoms with Crippen LogP contribution < -0.4 is 5.11 Å². The maximum Gasteiger partial charge on any atom is 0.132 e. The fourth-order valence-electron chi connectivity index (χ4n) is 1.01. The molecule has 70 valence electrons. The Morgan fingerprint density at radius 2 is 2.23 bits per heavy atom. The molecule has 1 aromatic carbocycles. The van der Waals surface area contributed by atoms with Gasteiger partial charge in [0.15, 0.2) is 0 Å². The van der Waals surface area contributed by atoms with Gasteiger partial charge < -0.3 is 15.0 Å². The van der Waals surface area contributed by atoms with E-state index in [1.165, 1.54) is 12.1 Å². The molecule has 0 saturated carbocycles. The topological polar surface area (TPSA) is 60.4 Å². The van der Waals surface area contributed by atoms with Gasteiger partial charge in [-0.2, -0.15) is 0 Å². The second kappa shape index (κ2) is 4.00. The van der Waals surface area contributed by atoms with E-state index in [0.717, 1.165) is 6.07 Å². The molecule has 0 saturated heterocycles. The molecule has 0 spiro atoms. The SMILES string of the molecule is O=C([O-])c1cc(CCO)ccc1F. The molecule has 0 radical (unpaired) electrons. The molecule has 0 aliphatic heterocycles. The third-order valence-corrected chi connectivity index (χ3v) is 1.65. The first-order valence-corrected chi connectivity index (χ1v) is 3.76. The Morgan fingerprint density at radius 1 is 1.54 bits per heavy atom. The molecule has 0 unspecified atom stereocenters. The lowest BCUT2D eigenvalue weighted by Gasteiger charge is -2.06. The van der Waals surface area contributed by atoms with Gasteiger partial charge in [0, 0.05) is 12.2 Å². The van der Waals surface area contributed by atoms with Crippen molar-refractivity contribution in [3.05, 3.63) is 35.1 Å². The van der Waals surface area contributed by atoms with Gasteiger partial charge in [-0.25, -0.2) is 4.39 Å². The van der Waals surface area contributed by atoms with Crippen molar-refractivity contribution >= 4 is 5.97 Å². The fraction of sp³-hybridized carbons (Fsp3) is 0.222. The standard InChI is InChI=1S/C9H9FO3/c10-8-2-1-6(3-4-11)5-7(8)9(12)13/h1-2,5,11H,3-4H2,(H,12,13)/p-1. The number of halogens is 1. The van der Waals surface area contributed by atoms with Gasteiger partial charge in [-0.15, -0.1) is 0 Å². The molecule has 1 rings (SSSR count). The minimum absolute atomic E-state index is 0.0991. The third-order valence-electron chi connectivity index (χ3n) is 1.65. The van der Waals surface area contributed by atoms with Gasteiger partial charge in [-0.1, -0.05) is 6.07 Å². The van der Waals surface area contributed by atoms with Crippen LogP contribution in [-0.4, -0.2) is 17.7 Å². The molecule has 0 aliphatic carbocycles.